The molecule has 0 aromatic heterocycles. The molecule has 2 atom stereocenters. The molecule has 8 heteroatoms. The predicted molar refractivity (Wildman–Crippen MR) is 126 cm³/mol. The van der Waals surface area contributed by atoms with Crippen LogP contribution in [0.15, 0.2) is 53.5 Å². The van der Waals surface area contributed by atoms with Gasteiger partial charge >= 0.3 is 0 Å². The highest BCUT2D eigenvalue weighted by Gasteiger charge is 2.32. The second-order valence-corrected chi connectivity index (χ2v) is 8.64. The average Bonchev–Trinajstić information content (AvgIpc) is 2.84. The lowest BCUT2D eigenvalue weighted by Crippen LogP contribution is -2.52. The van der Waals surface area contributed by atoms with Crippen molar-refractivity contribution in [3.63, 3.8) is 0 Å². The van der Waals surface area contributed by atoms with Gasteiger partial charge in [0.15, 0.2) is 0 Å². The highest BCUT2D eigenvalue weighted by Crippen LogP contribution is 2.29. The standard InChI is InChI=1S/C24H27ClN4O3/c1-14(2)12-20(30)26-15(3)23(31)28-22-24(32)29(4)19-11-10-17(25)13-18(19)21(27-22)16-8-6-5-7-9-16/h5-11,13-15,22H,12H2,1-4H3,(H,26,30)(H,28,31)/t15-,22?/m0/s1. The van der Waals surface area contributed by atoms with Crippen molar-refractivity contribution in [3.8, 4) is 0 Å². The minimum Gasteiger partial charge on any atom is -0.345 e. The molecule has 32 heavy (non-hydrogen) atoms. The fraction of sp³-hybridized carbons (Fsp3) is 0.333. The van der Waals surface area contributed by atoms with Crippen molar-refractivity contribution < 1.29 is 14.4 Å². The Morgan fingerprint density at radius 3 is 2.47 bits per heavy atom. The summed E-state index contributed by atoms with van der Waals surface area (Å²) in [6.45, 7) is 5.43. The number of likely N-dealkylation sites (N-methyl/N-ethyl adjacent to an activating group) is 1. The predicted octanol–water partition coefficient (Wildman–Crippen LogP) is 3.15. The van der Waals surface area contributed by atoms with Crippen molar-refractivity contribution in [3.05, 3.63) is 64.7 Å². The summed E-state index contributed by atoms with van der Waals surface area (Å²) in [6.07, 6.45) is -0.840. The first-order valence-corrected chi connectivity index (χ1v) is 10.9. The van der Waals surface area contributed by atoms with Gasteiger partial charge in [0.05, 0.1) is 11.4 Å². The van der Waals surface area contributed by atoms with Crippen molar-refractivity contribution in [2.45, 2.75) is 39.4 Å². The Morgan fingerprint density at radius 1 is 1.12 bits per heavy atom. The van der Waals surface area contributed by atoms with Gasteiger partial charge in [-0.25, -0.2) is 4.99 Å². The number of hydrogen-bond donors (Lipinski definition) is 2. The molecule has 3 amide bonds. The van der Waals surface area contributed by atoms with Gasteiger partial charge in [-0.1, -0.05) is 55.8 Å². The Kier molecular flexibility index (Phi) is 7.30. The van der Waals surface area contributed by atoms with E-state index in [1.807, 2.05) is 44.2 Å². The van der Waals surface area contributed by atoms with Crippen LogP contribution in [0.2, 0.25) is 5.02 Å². The lowest BCUT2D eigenvalue weighted by Gasteiger charge is -2.22. The molecule has 0 radical (unpaired) electrons. The van der Waals surface area contributed by atoms with Crippen LogP contribution in [0.5, 0.6) is 0 Å². The van der Waals surface area contributed by atoms with E-state index in [-0.39, 0.29) is 11.8 Å². The van der Waals surface area contributed by atoms with Gasteiger partial charge in [0.25, 0.3) is 5.91 Å². The first-order chi connectivity index (χ1) is 15.2. The van der Waals surface area contributed by atoms with Gasteiger partial charge < -0.3 is 15.5 Å². The molecular formula is C24H27ClN4O3. The van der Waals surface area contributed by atoms with Crippen LogP contribution in [0.4, 0.5) is 5.69 Å². The van der Waals surface area contributed by atoms with E-state index in [1.165, 1.54) is 4.90 Å². The molecule has 3 rings (SSSR count). The van der Waals surface area contributed by atoms with E-state index in [0.717, 1.165) is 5.56 Å². The summed E-state index contributed by atoms with van der Waals surface area (Å²) in [4.78, 5) is 44.1. The number of aliphatic imine (C=N–C) groups is 1. The lowest BCUT2D eigenvalue weighted by atomic mass is 10.0. The van der Waals surface area contributed by atoms with Crippen LogP contribution in [0.1, 0.15) is 38.3 Å². The summed E-state index contributed by atoms with van der Waals surface area (Å²) in [6, 6.07) is 13.8. The molecule has 168 valence electrons. The molecule has 2 aromatic rings. The molecule has 2 aromatic carbocycles. The van der Waals surface area contributed by atoms with E-state index in [2.05, 4.69) is 15.6 Å². The van der Waals surface area contributed by atoms with Gasteiger partial charge in [0.2, 0.25) is 18.0 Å². The van der Waals surface area contributed by atoms with E-state index in [0.29, 0.717) is 28.4 Å². The zero-order chi connectivity index (χ0) is 23.4. The third kappa shape index (κ3) is 5.34. The number of hydrogen-bond acceptors (Lipinski definition) is 4. The number of rotatable bonds is 6. The summed E-state index contributed by atoms with van der Waals surface area (Å²) >= 11 is 6.25. The molecule has 0 saturated carbocycles. The molecule has 0 spiro atoms. The van der Waals surface area contributed by atoms with Gasteiger partial charge in [-0.05, 0) is 31.0 Å². The molecular weight excluding hydrogens is 428 g/mol. The van der Waals surface area contributed by atoms with E-state index >= 15 is 0 Å². The Morgan fingerprint density at radius 2 is 1.81 bits per heavy atom. The van der Waals surface area contributed by atoms with Crippen LogP contribution in [-0.4, -0.2) is 42.7 Å². The monoisotopic (exact) mass is 454 g/mol. The molecule has 0 aliphatic carbocycles. The number of benzene rings is 2. The third-order valence-electron chi connectivity index (χ3n) is 5.09. The van der Waals surface area contributed by atoms with Crippen LogP contribution >= 0.6 is 11.6 Å². The Balaban J connectivity index is 1.94. The lowest BCUT2D eigenvalue weighted by molar-refractivity contribution is -0.131. The van der Waals surface area contributed by atoms with Crippen molar-refractivity contribution in [1.29, 1.82) is 0 Å². The van der Waals surface area contributed by atoms with E-state index in [1.54, 1.807) is 32.2 Å². The Labute approximate surface area is 192 Å². The fourth-order valence-corrected chi connectivity index (χ4v) is 3.64. The molecule has 1 aliphatic heterocycles. The van der Waals surface area contributed by atoms with Gasteiger partial charge in [-0.2, -0.15) is 0 Å². The van der Waals surface area contributed by atoms with Crippen LogP contribution in [0.25, 0.3) is 0 Å². The summed E-state index contributed by atoms with van der Waals surface area (Å²) < 4.78 is 0. The number of amides is 3. The number of carbonyl (C=O) groups is 3. The maximum atomic E-state index is 13.2. The quantitative estimate of drug-likeness (QED) is 0.702. The molecule has 0 fully saturated rings. The largest absolute Gasteiger partial charge is 0.345 e. The van der Waals surface area contributed by atoms with Crippen LogP contribution in [0.3, 0.4) is 0 Å². The maximum Gasteiger partial charge on any atom is 0.272 e. The maximum absolute atomic E-state index is 13.2. The molecule has 1 unspecified atom stereocenters. The number of nitrogens with one attached hydrogen (secondary N) is 2. The zero-order valence-corrected chi connectivity index (χ0v) is 19.3. The fourth-order valence-electron chi connectivity index (χ4n) is 3.46. The minimum atomic E-state index is -1.15. The summed E-state index contributed by atoms with van der Waals surface area (Å²) in [5, 5.41) is 5.86. The second kappa shape index (κ2) is 9.96. The second-order valence-electron chi connectivity index (χ2n) is 8.20. The van der Waals surface area contributed by atoms with Crippen molar-refractivity contribution in [2.75, 3.05) is 11.9 Å². The van der Waals surface area contributed by atoms with E-state index in [4.69, 9.17) is 11.6 Å². The number of carbonyl (C=O) groups excluding carboxylic acids is 3. The minimum absolute atomic E-state index is 0.172. The van der Waals surface area contributed by atoms with Crippen molar-refractivity contribution >= 4 is 40.7 Å². The van der Waals surface area contributed by atoms with Gasteiger partial charge in [0, 0.05) is 29.6 Å². The normalized spacial score (nSPS) is 16.7. The van der Waals surface area contributed by atoms with E-state index < -0.39 is 24.0 Å². The number of benzodiazepines with no additional fused rings is 1. The number of nitrogens with zero attached hydrogens (tertiary/aromatic N) is 2. The summed E-state index contributed by atoms with van der Waals surface area (Å²) in [5.74, 6) is -0.934. The molecule has 0 saturated heterocycles. The average molecular weight is 455 g/mol. The molecule has 0 bridgehead atoms. The third-order valence-corrected chi connectivity index (χ3v) is 5.32. The highest BCUT2D eigenvalue weighted by molar-refractivity contribution is 6.32. The van der Waals surface area contributed by atoms with Crippen molar-refractivity contribution in [2.24, 2.45) is 10.9 Å². The van der Waals surface area contributed by atoms with Crippen molar-refractivity contribution in [1.82, 2.24) is 10.6 Å². The van der Waals surface area contributed by atoms with Gasteiger partial charge in [-0.15, -0.1) is 0 Å². The van der Waals surface area contributed by atoms with Gasteiger partial charge in [-0.3, -0.25) is 14.4 Å². The number of halogens is 1. The Hall–Kier alpha value is -3.19. The first-order valence-electron chi connectivity index (χ1n) is 10.5. The zero-order valence-electron chi connectivity index (χ0n) is 18.6. The first kappa shape index (κ1) is 23.5. The topological polar surface area (TPSA) is 90.9 Å². The smallest absolute Gasteiger partial charge is 0.272 e. The molecule has 2 N–H and O–H groups in total. The van der Waals surface area contributed by atoms with Crippen LogP contribution in [0, 0.1) is 5.92 Å². The molecule has 1 aliphatic rings. The Bertz CT molecular complexity index is 1050. The summed E-state index contributed by atoms with van der Waals surface area (Å²) in [7, 11) is 1.63. The number of anilines is 1. The van der Waals surface area contributed by atoms with Crippen LogP contribution < -0.4 is 15.5 Å². The van der Waals surface area contributed by atoms with Crippen LogP contribution in [-0.2, 0) is 14.4 Å². The SMILES string of the molecule is CC(C)CC(=O)N[C@@H](C)C(=O)NC1N=C(c2ccccc2)c2cc(Cl)ccc2N(C)C1=O. The highest BCUT2D eigenvalue weighted by atomic mass is 35.5. The number of fused-ring (bicyclic) bond motifs is 1. The van der Waals surface area contributed by atoms with E-state index in [9.17, 15) is 14.4 Å². The molecule has 1 heterocycles. The summed E-state index contributed by atoms with van der Waals surface area (Å²) in [5.41, 5.74) is 2.66. The van der Waals surface area contributed by atoms with Gasteiger partial charge in [0.1, 0.15) is 6.04 Å². The molecule has 7 nitrogen and oxygen atoms in total.